The fourth-order valence-corrected chi connectivity index (χ4v) is 3.96. The molecule has 0 spiro atoms. The van der Waals surface area contributed by atoms with Crippen molar-refractivity contribution in [3.05, 3.63) is 35.9 Å². The van der Waals surface area contributed by atoms with Crippen LogP contribution in [0.3, 0.4) is 0 Å². The number of hydrogen-bond acceptors (Lipinski definition) is 4. The zero-order valence-corrected chi connectivity index (χ0v) is 17.0. The van der Waals surface area contributed by atoms with Gasteiger partial charge < -0.3 is 20.3 Å². The minimum absolute atomic E-state index is 0.237. The number of hydrogen-bond donors (Lipinski definition) is 2. The summed E-state index contributed by atoms with van der Waals surface area (Å²) in [4.78, 5) is 17.7. The van der Waals surface area contributed by atoms with Crippen LogP contribution in [0.4, 0.5) is 4.79 Å². The van der Waals surface area contributed by atoms with Gasteiger partial charge in [-0.2, -0.15) is 0 Å². The van der Waals surface area contributed by atoms with Crippen molar-refractivity contribution >= 4 is 22.9 Å². The summed E-state index contributed by atoms with van der Waals surface area (Å²) in [7, 11) is 0.815. The standard InChI is InChI=1S/C19H30N4O3S/c1-3-26-19(24)23-12-9-17(10-13-23)22-18(20-2)21-11-14-27(25)15-16-7-5-4-6-8-16/h4-8,17H,3,9-15H2,1-2H3,(H2,20,21,22). The summed E-state index contributed by atoms with van der Waals surface area (Å²) < 4.78 is 17.2. The number of amides is 1. The third-order valence-electron chi connectivity index (χ3n) is 4.38. The lowest BCUT2D eigenvalue weighted by Gasteiger charge is -2.32. The number of carbonyl (C=O) groups excluding carboxylic acids is 1. The SMILES string of the molecule is CCOC(=O)N1CCC(NC(=NC)NCCS(=O)Cc2ccccc2)CC1. The number of aliphatic imine (C=N–C) groups is 1. The highest BCUT2D eigenvalue weighted by Crippen LogP contribution is 2.11. The molecule has 1 amide bonds. The summed E-state index contributed by atoms with van der Waals surface area (Å²) >= 11 is 0. The number of piperidine rings is 1. The molecule has 2 N–H and O–H groups in total. The first-order valence-corrected chi connectivity index (χ1v) is 10.9. The number of benzene rings is 1. The van der Waals surface area contributed by atoms with Crippen molar-refractivity contribution in [3.8, 4) is 0 Å². The fraction of sp³-hybridized carbons (Fsp3) is 0.579. The van der Waals surface area contributed by atoms with Gasteiger partial charge in [0.25, 0.3) is 0 Å². The van der Waals surface area contributed by atoms with E-state index in [0.29, 0.717) is 43.7 Å². The molecule has 1 aromatic carbocycles. The van der Waals surface area contributed by atoms with Crippen LogP contribution in [-0.2, 0) is 21.3 Å². The van der Waals surface area contributed by atoms with Crippen LogP contribution in [0.1, 0.15) is 25.3 Å². The molecule has 1 aliphatic rings. The van der Waals surface area contributed by atoms with E-state index in [-0.39, 0.29) is 12.1 Å². The van der Waals surface area contributed by atoms with Crippen LogP contribution in [-0.4, -0.2) is 66.2 Å². The van der Waals surface area contributed by atoms with Gasteiger partial charge >= 0.3 is 6.09 Å². The molecule has 27 heavy (non-hydrogen) atoms. The molecule has 0 saturated carbocycles. The average molecular weight is 395 g/mol. The molecule has 150 valence electrons. The van der Waals surface area contributed by atoms with Gasteiger partial charge in [-0.05, 0) is 25.3 Å². The van der Waals surface area contributed by atoms with Crippen LogP contribution < -0.4 is 10.6 Å². The first-order valence-electron chi connectivity index (χ1n) is 9.40. The van der Waals surface area contributed by atoms with Crippen LogP contribution >= 0.6 is 0 Å². The van der Waals surface area contributed by atoms with Crippen LogP contribution in [0.15, 0.2) is 35.3 Å². The Bertz CT molecular complexity index is 631. The molecule has 1 saturated heterocycles. The Balaban J connectivity index is 1.66. The molecular formula is C19H30N4O3S. The Morgan fingerprint density at radius 2 is 2.00 bits per heavy atom. The summed E-state index contributed by atoms with van der Waals surface area (Å²) in [6.45, 7) is 4.16. The smallest absolute Gasteiger partial charge is 0.409 e. The van der Waals surface area contributed by atoms with Crippen molar-refractivity contribution < 1.29 is 13.7 Å². The average Bonchev–Trinajstić information content (AvgIpc) is 2.68. The van der Waals surface area contributed by atoms with Gasteiger partial charge in [0.2, 0.25) is 0 Å². The Kier molecular flexibility index (Phi) is 9.10. The minimum atomic E-state index is -0.912. The summed E-state index contributed by atoms with van der Waals surface area (Å²) in [5.74, 6) is 1.85. The first-order chi connectivity index (χ1) is 13.1. The molecule has 1 atom stereocenters. The Morgan fingerprint density at radius 1 is 1.30 bits per heavy atom. The van der Waals surface area contributed by atoms with Crippen molar-refractivity contribution in [3.63, 3.8) is 0 Å². The largest absolute Gasteiger partial charge is 0.450 e. The maximum Gasteiger partial charge on any atom is 0.409 e. The Labute approximate surface area is 164 Å². The van der Waals surface area contributed by atoms with Crippen molar-refractivity contribution in [1.29, 1.82) is 0 Å². The summed E-state index contributed by atoms with van der Waals surface area (Å²) in [6, 6.07) is 10.1. The second kappa shape index (κ2) is 11.6. The normalized spacial score (nSPS) is 16.7. The van der Waals surface area contributed by atoms with Gasteiger partial charge in [-0.3, -0.25) is 9.20 Å². The number of nitrogens with one attached hydrogen (secondary N) is 2. The van der Waals surface area contributed by atoms with Crippen molar-refractivity contribution in [2.75, 3.05) is 39.0 Å². The van der Waals surface area contributed by atoms with E-state index in [1.807, 2.05) is 37.3 Å². The predicted octanol–water partition coefficient (Wildman–Crippen LogP) is 1.72. The van der Waals surface area contributed by atoms with E-state index in [4.69, 9.17) is 4.74 Å². The quantitative estimate of drug-likeness (QED) is 0.544. The summed E-state index contributed by atoms with van der Waals surface area (Å²) in [5, 5.41) is 6.61. The molecule has 1 aromatic rings. The van der Waals surface area contributed by atoms with Crippen LogP contribution in [0.2, 0.25) is 0 Å². The number of rotatable bonds is 7. The predicted molar refractivity (Wildman–Crippen MR) is 109 cm³/mol. The number of nitrogens with zero attached hydrogens (tertiary/aromatic N) is 2. The van der Waals surface area contributed by atoms with E-state index in [9.17, 15) is 9.00 Å². The highest BCUT2D eigenvalue weighted by Gasteiger charge is 2.23. The molecule has 0 bridgehead atoms. The summed E-state index contributed by atoms with van der Waals surface area (Å²) in [6.07, 6.45) is 1.46. The number of carbonyl (C=O) groups is 1. The molecule has 8 heteroatoms. The molecule has 1 heterocycles. The number of ether oxygens (including phenoxy) is 1. The van der Waals surface area contributed by atoms with Crippen molar-refractivity contribution in [1.82, 2.24) is 15.5 Å². The second-order valence-corrected chi connectivity index (χ2v) is 7.95. The first kappa shape index (κ1) is 21.2. The molecule has 0 aromatic heterocycles. The van der Waals surface area contributed by atoms with Gasteiger partial charge in [0.05, 0.1) is 6.61 Å². The van der Waals surface area contributed by atoms with E-state index < -0.39 is 10.8 Å². The second-order valence-electron chi connectivity index (χ2n) is 6.38. The monoisotopic (exact) mass is 394 g/mol. The third kappa shape index (κ3) is 7.58. The Morgan fingerprint density at radius 3 is 2.63 bits per heavy atom. The minimum Gasteiger partial charge on any atom is -0.450 e. The molecule has 7 nitrogen and oxygen atoms in total. The molecule has 2 rings (SSSR count). The van der Waals surface area contributed by atoms with Gasteiger partial charge in [0, 0.05) is 55.0 Å². The summed E-state index contributed by atoms with van der Waals surface area (Å²) in [5.41, 5.74) is 1.09. The lowest BCUT2D eigenvalue weighted by Crippen LogP contribution is -2.50. The molecule has 1 aliphatic heterocycles. The molecule has 1 fully saturated rings. The van der Waals surface area contributed by atoms with Crippen LogP contribution in [0.5, 0.6) is 0 Å². The maximum atomic E-state index is 12.2. The zero-order valence-electron chi connectivity index (χ0n) is 16.1. The van der Waals surface area contributed by atoms with Crippen LogP contribution in [0.25, 0.3) is 0 Å². The van der Waals surface area contributed by atoms with E-state index in [1.165, 1.54) is 0 Å². The molecular weight excluding hydrogens is 364 g/mol. The van der Waals surface area contributed by atoms with Gasteiger partial charge in [0.1, 0.15) is 0 Å². The van der Waals surface area contributed by atoms with Crippen molar-refractivity contribution in [2.24, 2.45) is 4.99 Å². The van der Waals surface area contributed by atoms with E-state index in [0.717, 1.165) is 18.4 Å². The lowest BCUT2D eigenvalue weighted by atomic mass is 10.1. The van der Waals surface area contributed by atoms with Crippen molar-refractivity contribution in [2.45, 2.75) is 31.6 Å². The Hall–Kier alpha value is -2.09. The van der Waals surface area contributed by atoms with E-state index in [1.54, 1.807) is 11.9 Å². The topological polar surface area (TPSA) is 83.0 Å². The highest BCUT2D eigenvalue weighted by molar-refractivity contribution is 7.84. The molecule has 0 aliphatic carbocycles. The van der Waals surface area contributed by atoms with E-state index in [2.05, 4.69) is 15.6 Å². The van der Waals surface area contributed by atoms with Gasteiger partial charge in [-0.1, -0.05) is 30.3 Å². The maximum absolute atomic E-state index is 12.2. The fourth-order valence-electron chi connectivity index (χ4n) is 2.92. The lowest BCUT2D eigenvalue weighted by molar-refractivity contribution is 0.0963. The van der Waals surface area contributed by atoms with Gasteiger partial charge in [-0.15, -0.1) is 0 Å². The van der Waals surface area contributed by atoms with Gasteiger partial charge in [-0.25, -0.2) is 4.79 Å². The molecule has 0 radical (unpaired) electrons. The highest BCUT2D eigenvalue weighted by atomic mass is 32.2. The third-order valence-corrected chi connectivity index (χ3v) is 5.69. The number of likely N-dealkylation sites (tertiary alicyclic amines) is 1. The number of guanidine groups is 1. The molecule has 1 unspecified atom stereocenters. The van der Waals surface area contributed by atoms with Gasteiger partial charge in [0.15, 0.2) is 5.96 Å². The zero-order chi connectivity index (χ0) is 19.5. The van der Waals surface area contributed by atoms with E-state index >= 15 is 0 Å². The van der Waals surface area contributed by atoms with Crippen LogP contribution in [0, 0.1) is 0 Å².